The van der Waals surface area contributed by atoms with Gasteiger partial charge in [-0.1, -0.05) is 0 Å². The first-order chi connectivity index (χ1) is 7.22. The predicted molar refractivity (Wildman–Crippen MR) is 60.0 cm³/mol. The zero-order chi connectivity index (χ0) is 10.8. The van der Waals surface area contributed by atoms with Gasteiger partial charge in [-0.25, -0.2) is 0 Å². The molecular formula is C10H19N5. The van der Waals surface area contributed by atoms with E-state index in [1.54, 1.807) is 0 Å². The van der Waals surface area contributed by atoms with Crippen molar-refractivity contribution in [1.82, 2.24) is 20.1 Å². The number of hydrogen-bond donors (Lipinski definition) is 1. The molecule has 84 valence electrons. The van der Waals surface area contributed by atoms with Crippen LogP contribution >= 0.6 is 0 Å². The smallest absolute Gasteiger partial charge is 0.226 e. The van der Waals surface area contributed by atoms with Crippen molar-refractivity contribution < 1.29 is 0 Å². The van der Waals surface area contributed by atoms with E-state index in [9.17, 15) is 0 Å². The molecule has 1 aromatic rings. The number of piperidine rings is 1. The molecule has 0 atom stereocenters. The zero-order valence-corrected chi connectivity index (χ0v) is 9.69. The van der Waals surface area contributed by atoms with Crippen molar-refractivity contribution in [2.45, 2.75) is 25.8 Å². The molecular weight excluding hydrogens is 190 g/mol. The molecule has 0 saturated carbocycles. The maximum Gasteiger partial charge on any atom is 0.226 e. The second-order valence-electron chi connectivity index (χ2n) is 4.16. The lowest BCUT2D eigenvalue weighted by atomic mass is 10.1. The third kappa shape index (κ3) is 1.97. The lowest BCUT2D eigenvalue weighted by Crippen LogP contribution is -2.42. The van der Waals surface area contributed by atoms with E-state index in [4.69, 9.17) is 0 Å². The van der Waals surface area contributed by atoms with Crippen LogP contribution in [0, 0.1) is 6.92 Å². The fourth-order valence-corrected chi connectivity index (χ4v) is 2.04. The normalized spacial score (nSPS) is 18.5. The van der Waals surface area contributed by atoms with E-state index < -0.39 is 0 Å². The minimum atomic E-state index is 0.663. The molecule has 5 heteroatoms. The van der Waals surface area contributed by atoms with Gasteiger partial charge in [-0.3, -0.25) is 0 Å². The van der Waals surface area contributed by atoms with E-state index in [1.807, 2.05) is 21.0 Å². The van der Waals surface area contributed by atoms with Crippen LogP contribution in [0.1, 0.15) is 18.7 Å². The lowest BCUT2D eigenvalue weighted by Gasteiger charge is -2.32. The third-order valence-corrected chi connectivity index (χ3v) is 3.26. The van der Waals surface area contributed by atoms with Crippen molar-refractivity contribution in [3.05, 3.63) is 5.82 Å². The molecule has 0 unspecified atom stereocenters. The molecule has 15 heavy (non-hydrogen) atoms. The highest BCUT2D eigenvalue weighted by molar-refractivity contribution is 5.31. The molecule has 1 aromatic heterocycles. The van der Waals surface area contributed by atoms with Crippen molar-refractivity contribution in [3.8, 4) is 0 Å². The Hall–Kier alpha value is -1.10. The van der Waals surface area contributed by atoms with E-state index in [1.165, 1.54) is 12.8 Å². The van der Waals surface area contributed by atoms with Crippen LogP contribution in [0.3, 0.4) is 0 Å². The Morgan fingerprint density at radius 1 is 1.27 bits per heavy atom. The SMILES string of the molecule is CNC1CCN(c2nnc(C)n2C)CC1. The topological polar surface area (TPSA) is 46.0 Å². The number of nitrogens with zero attached hydrogens (tertiary/aromatic N) is 4. The van der Waals surface area contributed by atoms with E-state index in [2.05, 4.69) is 25.0 Å². The number of rotatable bonds is 2. The van der Waals surface area contributed by atoms with Gasteiger partial charge in [-0.15, -0.1) is 10.2 Å². The first kappa shape index (κ1) is 10.4. The summed E-state index contributed by atoms with van der Waals surface area (Å²) in [5, 5.41) is 11.6. The van der Waals surface area contributed by atoms with Crippen molar-refractivity contribution >= 4 is 5.95 Å². The second kappa shape index (κ2) is 4.18. The molecule has 2 heterocycles. The number of hydrogen-bond acceptors (Lipinski definition) is 4. The van der Waals surface area contributed by atoms with Crippen molar-refractivity contribution in [2.24, 2.45) is 7.05 Å². The molecule has 0 amide bonds. The molecule has 0 aliphatic carbocycles. The van der Waals surface area contributed by atoms with Gasteiger partial charge >= 0.3 is 0 Å². The summed E-state index contributed by atoms with van der Waals surface area (Å²) in [7, 11) is 4.06. The van der Waals surface area contributed by atoms with Crippen LogP contribution in [0.2, 0.25) is 0 Å². The van der Waals surface area contributed by atoms with Gasteiger partial charge in [0.15, 0.2) is 0 Å². The van der Waals surface area contributed by atoms with Crippen LogP contribution < -0.4 is 10.2 Å². The summed E-state index contributed by atoms with van der Waals surface area (Å²) < 4.78 is 2.06. The number of aromatic nitrogens is 3. The molecule has 0 radical (unpaired) electrons. The summed E-state index contributed by atoms with van der Waals surface area (Å²) in [5.41, 5.74) is 0. The first-order valence-corrected chi connectivity index (χ1v) is 5.50. The van der Waals surface area contributed by atoms with Gasteiger partial charge in [0.1, 0.15) is 5.82 Å². The molecule has 1 N–H and O–H groups in total. The summed E-state index contributed by atoms with van der Waals surface area (Å²) in [5.74, 6) is 1.97. The Balaban J connectivity index is 2.04. The average molecular weight is 209 g/mol. The summed E-state index contributed by atoms with van der Waals surface area (Å²) in [6.07, 6.45) is 2.37. The Bertz CT molecular complexity index is 325. The highest BCUT2D eigenvalue weighted by atomic mass is 15.4. The van der Waals surface area contributed by atoms with Gasteiger partial charge < -0.3 is 14.8 Å². The molecule has 1 aliphatic rings. The summed E-state index contributed by atoms with van der Waals surface area (Å²) in [6, 6.07) is 0.663. The first-order valence-electron chi connectivity index (χ1n) is 5.50. The van der Waals surface area contributed by atoms with Gasteiger partial charge in [0.2, 0.25) is 5.95 Å². The molecule has 0 aromatic carbocycles. The number of anilines is 1. The highest BCUT2D eigenvalue weighted by Gasteiger charge is 2.21. The maximum absolute atomic E-state index is 4.21. The molecule has 5 nitrogen and oxygen atoms in total. The monoisotopic (exact) mass is 209 g/mol. The van der Waals surface area contributed by atoms with Gasteiger partial charge in [-0.2, -0.15) is 0 Å². The van der Waals surface area contributed by atoms with Crippen LogP contribution in [-0.2, 0) is 7.05 Å². The summed E-state index contributed by atoms with van der Waals surface area (Å²) in [6.45, 7) is 4.12. The standard InChI is InChI=1S/C10H19N5/c1-8-12-13-10(14(8)3)15-6-4-9(11-2)5-7-15/h9,11H,4-7H2,1-3H3. The molecule has 1 fully saturated rings. The van der Waals surface area contributed by atoms with Crippen LogP contribution in [-0.4, -0.2) is 40.9 Å². The third-order valence-electron chi connectivity index (χ3n) is 3.26. The van der Waals surface area contributed by atoms with Crippen LogP contribution in [0.4, 0.5) is 5.95 Å². The van der Waals surface area contributed by atoms with Crippen LogP contribution in [0.15, 0.2) is 0 Å². The Kier molecular flexibility index (Phi) is 2.90. The Labute approximate surface area is 90.5 Å². The van der Waals surface area contributed by atoms with E-state index >= 15 is 0 Å². The fraction of sp³-hybridized carbons (Fsp3) is 0.800. The van der Waals surface area contributed by atoms with Crippen LogP contribution in [0.5, 0.6) is 0 Å². The molecule has 0 spiro atoms. The van der Waals surface area contributed by atoms with Gasteiger partial charge in [-0.05, 0) is 26.8 Å². The maximum atomic E-state index is 4.21. The largest absolute Gasteiger partial charge is 0.341 e. The lowest BCUT2D eigenvalue weighted by molar-refractivity contribution is 0.436. The fourth-order valence-electron chi connectivity index (χ4n) is 2.04. The summed E-state index contributed by atoms with van der Waals surface area (Å²) >= 11 is 0. The predicted octanol–water partition coefficient (Wildman–Crippen LogP) is 0.312. The van der Waals surface area contributed by atoms with E-state index in [-0.39, 0.29) is 0 Å². The molecule has 0 bridgehead atoms. The molecule has 1 saturated heterocycles. The second-order valence-corrected chi connectivity index (χ2v) is 4.16. The quantitative estimate of drug-likeness (QED) is 0.761. The average Bonchev–Trinajstić information content (AvgIpc) is 2.60. The number of nitrogens with one attached hydrogen (secondary N) is 1. The van der Waals surface area contributed by atoms with Gasteiger partial charge in [0, 0.05) is 26.2 Å². The van der Waals surface area contributed by atoms with Gasteiger partial charge in [0.05, 0.1) is 0 Å². The Morgan fingerprint density at radius 3 is 2.40 bits per heavy atom. The van der Waals surface area contributed by atoms with Gasteiger partial charge in [0.25, 0.3) is 0 Å². The zero-order valence-electron chi connectivity index (χ0n) is 9.69. The van der Waals surface area contributed by atoms with Crippen LogP contribution in [0.25, 0.3) is 0 Å². The van der Waals surface area contributed by atoms with E-state index in [0.717, 1.165) is 24.9 Å². The van der Waals surface area contributed by atoms with Crippen molar-refractivity contribution in [3.63, 3.8) is 0 Å². The van der Waals surface area contributed by atoms with Crippen molar-refractivity contribution in [1.29, 1.82) is 0 Å². The van der Waals surface area contributed by atoms with E-state index in [0.29, 0.717) is 6.04 Å². The minimum absolute atomic E-state index is 0.663. The molecule has 2 rings (SSSR count). The minimum Gasteiger partial charge on any atom is -0.341 e. The number of aryl methyl sites for hydroxylation is 1. The van der Waals surface area contributed by atoms with Crippen molar-refractivity contribution in [2.75, 3.05) is 25.0 Å². The Morgan fingerprint density at radius 2 is 1.93 bits per heavy atom. The molecule has 1 aliphatic heterocycles. The summed E-state index contributed by atoms with van der Waals surface area (Å²) in [4.78, 5) is 2.31. The highest BCUT2D eigenvalue weighted by Crippen LogP contribution is 2.17.